The van der Waals surface area contributed by atoms with Gasteiger partial charge in [0.05, 0.1) is 30.8 Å². The van der Waals surface area contributed by atoms with Crippen molar-refractivity contribution in [1.82, 2.24) is 0 Å². The molecule has 0 amide bonds. The standard InChI is InChI=1S/C14H22O4/c15-11-3-1-2-10(7-11)14(16)17-8-9-4-5-12-13(6-9)18-12/h9-13,15H,1-8H2/t9?,10?,11?,12-,13?/m0/s1. The molecule has 2 saturated carbocycles. The van der Waals surface area contributed by atoms with Gasteiger partial charge in [0.25, 0.3) is 0 Å². The summed E-state index contributed by atoms with van der Waals surface area (Å²) in [5, 5.41) is 9.56. The van der Waals surface area contributed by atoms with E-state index in [1.54, 1.807) is 0 Å². The molecule has 0 bridgehead atoms. The van der Waals surface area contributed by atoms with Gasteiger partial charge in [-0.05, 0) is 44.4 Å². The van der Waals surface area contributed by atoms with Gasteiger partial charge in [-0.15, -0.1) is 0 Å². The molecule has 2 aliphatic carbocycles. The number of aliphatic hydroxyl groups excluding tert-OH is 1. The Hall–Kier alpha value is -0.610. The van der Waals surface area contributed by atoms with Crippen LogP contribution in [0.5, 0.6) is 0 Å². The SMILES string of the molecule is O=C(OCC1CC[C@@H]2OC2C1)C1CCCC(O)C1. The molecule has 18 heavy (non-hydrogen) atoms. The summed E-state index contributed by atoms with van der Waals surface area (Å²) in [5.74, 6) is 0.293. The Balaban J connectivity index is 1.40. The summed E-state index contributed by atoms with van der Waals surface area (Å²) in [6.45, 7) is 0.540. The zero-order valence-electron chi connectivity index (χ0n) is 10.7. The van der Waals surface area contributed by atoms with Crippen LogP contribution in [0.3, 0.4) is 0 Å². The highest BCUT2D eigenvalue weighted by atomic mass is 16.6. The quantitative estimate of drug-likeness (QED) is 0.614. The van der Waals surface area contributed by atoms with Crippen molar-refractivity contribution in [3.05, 3.63) is 0 Å². The third kappa shape index (κ3) is 2.86. The van der Waals surface area contributed by atoms with E-state index in [-0.39, 0.29) is 18.0 Å². The molecule has 0 spiro atoms. The summed E-state index contributed by atoms with van der Waals surface area (Å²) in [7, 11) is 0. The van der Waals surface area contributed by atoms with Gasteiger partial charge in [-0.1, -0.05) is 6.42 Å². The Morgan fingerprint density at radius 3 is 2.83 bits per heavy atom. The number of ether oxygens (including phenoxy) is 2. The van der Waals surface area contributed by atoms with Gasteiger partial charge in [-0.2, -0.15) is 0 Å². The first-order chi connectivity index (χ1) is 8.72. The maximum absolute atomic E-state index is 11.9. The van der Waals surface area contributed by atoms with E-state index < -0.39 is 0 Å². The van der Waals surface area contributed by atoms with Crippen molar-refractivity contribution in [2.75, 3.05) is 6.61 Å². The van der Waals surface area contributed by atoms with Crippen molar-refractivity contribution >= 4 is 5.97 Å². The number of esters is 1. The Bertz CT molecular complexity index is 317. The molecule has 0 aromatic heterocycles. The van der Waals surface area contributed by atoms with Crippen LogP contribution in [-0.4, -0.2) is 36.0 Å². The second-order valence-corrected chi connectivity index (χ2v) is 6.04. The van der Waals surface area contributed by atoms with E-state index in [0.29, 0.717) is 31.2 Å². The minimum Gasteiger partial charge on any atom is -0.465 e. The van der Waals surface area contributed by atoms with Crippen LogP contribution in [0.15, 0.2) is 0 Å². The van der Waals surface area contributed by atoms with Gasteiger partial charge in [0, 0.05) is 0 Å². The number of hydrogen-bond donors (Lipinski definition) is 1. The minimum atomic E-state index is -0.313. The van der Waals surface area contributed by atoms with Crippen LogP contribution < -0.4 is 0 Å². The number of carbonyl (C=O) groups excluding carboxylic acids is 1. The summed E-state index contributed by atoms with van der Waals surface area (Å²) < 4.78 is 10.9. The van der Waals surface area contributed by atoms with Gasteiger partial charge in [0.2, 0.25) is 0 Å². The molecule has 5 atom stereocenters. The molecule has 102 valence electrons. The predicted octanol–water partition coefficient (Wildman–Crippen LogP) is 1.65. The highest BCUT2D eigenvalue weighted by Crippen LogP contribution is 2.39. The summed E-state index contributed by atoms with van der Waals surface area (Å²) in [5.41, 5.74) is 0. The monoisotopic (exact) mass is 254 g/mol. The number of rotatable bonds is 3. The van der Waals surface area contributed by atoms with E-state index in [4.69, 9.17) is 9.47 Å². The van der Waals surface area contributed by atoms with Crippen LogP contribution in [0.25, 0.3) is 0 Å². The summed E-state index contributed by atoms with van der Waals surface area (Å²) in [6, 6.07) is 0. The molecule has 1 heterocycles. The van der Waals surface area contributed by atoms with Gasteiger partial charge in [0.15, 0.2) is 0 Å². The average molecular weight is 254 g/mol. The van der Waals surface area contributed by atoms with Crippen molar-refractivity contribution in [3.63, 3.8) is 0 Å². The molecular formula is C14H22O4. The van der Waals surface area contributed by atoms with Crippen molar-refractivity contribution in [1.29, 1.82) is 0 Å². The number of fused-ring (bicyclic) bond motifs is 1. The van der Waals surface area contributed by atoms with E-state index in [9.17, 15) is 9.90 Å². The first-order valence-corrected chi connectivity index (χ1v) is 7.22. The normalized spacial score (nSPS) is 43.1. The van der Waals surface area contributed by atoms with Crippen molar-refractivity contribution < 1.29 is 19.4 Å². The highest BCUT2D eigenvalue weighted by molar-refractivity contribution is 5.72. The average Bonchev–Trinajstić information content (AvgIpc) is 3.14. The smallest absolute Gasteiger partial charge is 0.309 e. The molecule has 0 aromatic carbocycles. The van der Waals surface area contributed by atoms with Crippen LogP contribution in [0, 0.1) is 11.8 Å². The maximum atomic E-state index is 11.9. The van der Waals surface area contributed by atoms with Gasteiger partial charge < -0.3 is 14.6 Å². The molecule has 3 rings (SSSR count). The summed E-state index contributed by atoms with van der Waals surface area (Å²) in [4.78, 5) is 11.9. The molecule has 1 N–H and O–H groups in total. The van der Waals surface area contributed by atoms with Crippen LogP contribution >= 0.6 is 0 Å². The fourth-order valence-corrected chi connectivity index (χ4v) is 3.33. The first-order valence-electron chi connectivity index (χ1n) is 7.22. The minimum absolute atomic E-state index is 0.0812. The molecule has 0 radical (unpaired) electrons. The van der Waals surface area contributed by atoms with Crippen LogP contribution in [-0.2, 0) is 14.3 Å². The Morgan fingerprint density at radius 2 is 2.06 bits per heavy atom. The Kier molecular flexibility index (Phi) is 3.57. The van der Waals surface area contributed by atoms with Gasteiger partial charge in [-0.25, -0.2) is 0 Å². The van der Waals surface area contributed by atoms with E-state index in [1.165, 1.54) is 0 Å². The van der Waals surface area contributed by atoms with Gasteiger partial charge in [-0.3, -0.25) is 4.79 Å². The second kappa shape index (κ2) is 5.17. The molecule has 4 heteroatoms. The lowest BCUT2D eigenvalue weighted by atomic mass is 9.87. The third-order valence-corrected chi connectivity index (χ3v) is 4.55. The first kappa shape index (κ1) is 12.4. The van der Waals surface area contributed by atoms with Crippen molar-refractivity contribution in [2.24, 2.45) is 11.8 Å². The number of carbonyl (C=O) groups is 1. The summed E-state index contributed by atoms with van der Waals surface area (Å²) in [6.07, 6.45) is 7.12. The topological polar surface area (TPSA) is 59.1 Å². The number of epoxide rings is 1. The lowest BCUT2D eigenvalue weighted by molar-refractivity contribution is -0.152. The predicted molar refractivity (Wildman–Crippen MR) is 64.9 cm³/mol. The van der Waals surface area contributed by atoms with Gasteiger partial charge >= 0.3 is 5.97 Å². The van der Waals surface area contributed by atoms with Crippen molar-refractivity contribution in [3.8, 4) is 0 Å². The molecule has 1 saturated heterocycles. The van der Waals surface area contributed by atoms with Crippen LogP contribution in [0.4, 0.5) is 0 Å². The second-order valence-electron chi connectivity index (χ2n) is 6.04. The number of aliphatic hydroxyl groups is 1. The fourth-order valence-electron chi connectivity index (χ4n) is 3.33. The molecule has 4 unspecified atom stereocenters. The van der Waals surface area contributed by atoms with E-state index in [0.717, 1.165) is 38.5 Å². The van der Waals surface area contributed by atoms with E-state index in [2.05, 4.69) is 0 Å². The molecule has 1 aliphatic heterocycles. The summed E-state index contributed by atoms with van der Waals surface area (Å²) >= 11 is 0. The van der Waals surface area contributed by atoms with Crippen molar-refractivity contribution in [2.45, 2.75) is 63.3 Å². The molecule has 3 fully saturated rings. The highest BCUT2D eigenvalue weighted by Gasteiger charge is 2.44. The van der Waals surface area contributed by atoms with E-state index in [1.807, 2.05) is 0 Å². The molecule has 0 aromatic rings. The lowest BCUT2D eigenvalue weighted by Gasteiger charge is -2.25. The molecule has 4 nitrogen and oxygen atoms in total. The van der Waals surface area contributed by atoms with Gasteiger partial charge in [0.1, 0.15) is 0 Å². The fraction of sp³-hybridized carbons (Fsp3) is 0.929. The third-order valence-electron chi connectivity index (χ3n) is 4.55. The Morgan fingerprint density at radius 1 is 1.17 bits per heavy atom. The zero-order chi connectivity index (χ0) is 12.5. The Labute approximate surface area is 108 Å². The number of hydrogen-bond acceptors (Lipinski definition) is 4. The zero-order valence-corrected chi connectivity index (χ0v) is 10.7. The molecular weight excluding hydrogens is 232 g/mol. The molecule has 3 aliphatic rings. The van der Waals surface area contributed by atoms with Crippen LogP contribution in [0.1, 0.15) is 44.9 Å². The maximum Gasteiger partial charge on any atom is 0.309 e. The lowest BCUT2D eigenvalue weighted by Crippen LogP contribution is -2.29. The largest absolute Gasteiger partial charge is 0.465 e. The van der Waals surface area contributed by atoms with E-state index >= 15 is 0 Å². The van der Waals surface area contributed by atoms with Crippen LogP contribution in [0.2, 0.25) is 0 Å².